The Balaban J connectivity index is 1.84. The van der Waals surface area contributed by atoms with Gasteiger partial charge < -0.3 is 9.52 Å². The zero-order valence-electron chi connectivity index (χ0n) is 12.4. The van der Waals surface area contributed by atoms with E-state index < -0.39 is 23.7 Å². The number of amides is 2. The summed E-state index contributed by atoms with van der Waals surface area (Å²) in [6, 6.07) is 8.33. The third kappa shape index (κ3) is 3.73. The Kier molecular flexibility index (Phi) is 4.89. The number of furan rings is 1. The number of carbonyl (C=O) groups excluding carboxylic acids is 2. The monoisotopic (exact) mass is 397 g/mol. The minimum absolute atomic E-state index is 0.0984. The zero-order chi connectivity index (χ0) is 18.1. The van der Waals surface area contributed by atoms with E-state index in [-0.39, 0.29) is 4.91 Å². The average Bonchev–Trinajstić information content (AvgIpc) is 3.11. The molecule has 1 aliphatic rings. The lowest BCUT2D eigenvalue weighted by molar-refractivity contribution is -0.140. The summed E-state index contributed by atoms with van der Waals surface area (Å²) in [5.41, 5.74) is 0.702. The van der Waals surface area contributed by atoms with E-state index in [1.807, 2.05) is 0 Å². The zero-order valence-corrected chi connectivity index (χ0v) is 14.7. The molecule has 1 fully saturated rings. The molecule has 128 valence electrons. The third-order valence-corrected chi connectivity index (χ3v) is 4.92. The summed E-state index contributed by atoms with van der Waals surface area (Å²) < 4.78 is 5.64. The second kappa shape index (κ2) is 6.95. The summed E-state index contributed by atoms with van der Waals surface area (Å²) in [6.07, 6.45) is 1.40. The highest BCUT2D eigenvalue weighted by Crippen LogP contribution is 2.34. The van der Waals surface area contributed by atoms with Crippen LogP contribution in [0.1, 0.15) is 5.76 Å². The van der Waals surface area contributed by atoms with Gasteiger partial charge in [-0.15, -0.1) is 0 Å². The van der Waals surface area contributed by atoms with Crippen molar-refractivity contribution in [3.63, 3.8) is 0 Å². The molecule has 1 aliphatic heterocycles. The Bertz CT molecular complexity index is 921. The highest BCUT2D eigenvalue weighted by molar-refractivity contribution is 8.18. The van der Waals surface area contributed by atoms with Gasteiger partial charge >= 0.3 is 5.97 Å². The Morgan fingerprint density at radius 3 is 2.64 bits per heavy atom. The predicted octanol–water partition coefficient (Wildman–Crippen LogP) is 4.37. The van der Waals surface area contributed by atoms with Gasteiger partial charge in [-0.05, 0) is 42.1 Å². The van der Waals surface area contributed by atoms with Crippen LogP contribution in [-0.4, -0.2) is 33.7 Å². The Morgan fingerprint density at radius 2 is 1.96 bits per heavy atom. The molecule has 0 spiro atoms. The van der Waals surface area contributed by atoms with Crippen molar-refractivity contribution in [2.45, 2.75) is 0 Å². The number of carboxylic acids is 1. The van der Waals surface area contributed by atoms with Crippen molar-refractivity contribution in [3.8, 4) is 11.3 Å². The van der Waals surface area contributed by atoms with E-state index in [1.165, 1.54) is 6.08 Å². The van der Waals surface area contributed by atoms with E-state index in [1.54, 1.807) is 30.3 Å². The van der Waals surface area contributed by atoms with Gasteiger partial charge in [-0.2, -0.15) is 0 Å². The predicted molar refractivity (Wildman–Crippen MR) is 94.5 cm³/mol. The molecule has 1 aromatic heterocycles. The topological polar surface area (TPSA) is 87.8 Å². The summed E-state index contributed by atoms with van der Waals surface area (Å²) in [5, 5.41) is 8.92. The molecule has 25 heavy (non-hydrogen) atoms. The van der Waals surface area contributed by atoms with Crippen LogP contribution in [0.2, 0.25) is 10.0 Å². The number of nitrogens with zero attached hydrogens (tertiary/aromatic N) is 1. The van der Waals surface area contributed by atoms with E-state index in [0.717, 1.165) is 0 Å². The van der Waals surface area contributed by atoms with Crippen LogP contribution in [0.15, 0.2) is 39.7 Å². The van der Waals surface area contributed by atoms with E-state index >= 15 is 0 Å². The number of imide groups is 1. The van der Waals surface area contributed by atoms with Gasteiger partial charge in [-0.25, -0.2) is 0 Å². The molecule has 9 heteroatoms. The van der Waals surface area contributed by atoms with E-state index in [2.05, 4.69) is 0 Å². The summed E-state index contributed by atoms with van der Waals surface area (Å²) in [5.74, 6) is -1.06. The van der Waals surface area contributed by atoms with Gasteiger partial charge in [-0.3, -0.25) is 19.3 Å². The molecule has 0 saturated carbocycles. The number of hydrogen-bond donors (Lipinski definition) is 1. The van der Waals surface area contributed by atoms with E-state index in [0.29, 0.717) is 43.8 Å². The van der Waals surface area contributed by atoms with Crippen molar-refractivity contribution >= 4 is 58.2 Å². The first-order chi connectivity index (χ1) is 11.8. The van der Waals surface area contributed by atoms with Gasteiger partial charge in [0.15, 0.2) is 0 Å². The van der Waals surface area contributed by atoms with Gasteiger partial charge in [-0.1, -0.05) is 23.2 Å². The number of aliphatic carboxylic acids is 1. The molecule has 1 aromatic carbocycles. The first-order valence-electron chi connectivity index (χ1n) is 6.87. The Hall–Kier alpha value is -2.22. The highest BCUT2D eigenvalue weighted by Gasteiger charge is 2.36. The van der Waals surface area contributed by atoms with Crippen molar-refractivity contribution in [3.05, 3.63) is 51.0 Å². The lowest BCUT2D eigenvalue weighted by Crippen LogP contribution is -2.33. The molecule has 2 aromatic rings. The van der Waals surface area contributed by atoms with Gasteiger partial charge in [0.2, 0.25) is 0 Å². The molecule has 2 heterocycles. The Morgan fingerprint density at radius 1 is 1.20 bits per heavy atom. The molecule has 1 saturated heterocycles. The second-order valence-corrected chi connectivity index (χ2v) is 6.80. The first kappa shape index (κ1) is 17.6. The van der Waals surface area contributed by atoms with Crippen molar-refractivity contribution in [1.29, 1.82) is 0 Å². The molecule has 0 unspecified atom stereocenters. The van der Waals surface area contributed by atoms with Crippen LogP contribution in [0.5, 0.6) is 0 Å². The van der Waals surface area contributed by atoms with Gasteiger partial charge in [0.25, 0.3) is 11.1 Å². The maximum Gasteiger partial charge on any atom is 0.323 e. The number of hydrogen-bond acceptors (Lipinski definition) is 5. The molecule has 0 bridgehead atoms. The fourth-order valence-corrected chi connectivity index (χ4v) is 3.25. The lowest BCUT2D eigenvalue weighted by atomic mass is 10.2. The minimum Gasteiger partial charge on any atom is -0.480 e. The average molecular weight is 398 g/mol. The quantitative estimate of drug-likeness (QED) is 0.770. The first-order valence-corrected chi connectivity index (χ1v) is 8.45. The largest absolute Gasteiger partial charge is 0.480 e. The fourth-order valence-electron chi connectivity index (χ4n) is 2.14. The van der Waals surface area contributed by atoms with Crippen LogP contribution in [-0.2, 0) is 9.59 Å². The van der Waals surface area contributed by atoms with Gasteiger partial charge in [0.05, 0.1) is 15.0 Å². The standard InChI is InChI=1S/C16H9Cl2NO5S/c17-10-3-1-8(5-11(10)18)12-4-2-9(24-12)6-13-15(22)19(7-14(20)21)16(23)25-13/h1-6H,7H2,(H,20,21)/b13-6+. The number of carboxylic acid groups (broad SMARTS) is 1. The number of halogens is 2. The number of benzene rings is 1. The molecule has 6 nitrogen and oxygen atoms in total. The lowest BCUT2D eigenvalue weighted by Gasteiger charge is -2.07. The van der Waals surface area contributed by atoms with Crippen LogP contribution in [0.25, 0.3) is 17.4 Å². The summed E-state index contributed by atoms with van der Waals surface area (Å²) in [7, 11) is 0. The molecule has 1 N–H and O–H groups in total. The maximum atomic E-state index is 12.1. The van der Waals surface area contributed by atoms with Gasteiger partial charge in [0, 0.05) is 11.6 Å². The summed E-state index contributed by atoms with van der Waals surface area (Å²) in [6.45, 7) is -0.672. The Labute approximate surface area is 156 Å². The summed E-state index contributed by atoms with van der Waals surface area (Å²) in [4.78, 5) is 35.3. The smallest absolute Gasteiger partial charge is 0.323 e. The molecule has 0 atom stereocenters. The fraction of sp³-hybridized carbons (Fsp3) is 0.0625. The van der Waals surface area contributed by atoms with Crippen LogP contribution in [0, 0.1) is 0 Å². The van der Waals surface area contributed by atoms with Crippen molar-refractivity contribution in [1.82, 2.24) is 4.90 Å². The highest BCUT2D eigenvalue weighted by atomic mass is 35.5. The van der Waals surface area contributed by atoms with E-state index in [9.17, 15) is 14.4 Å². The van der Waals surface area contributed by atoms with Crippen LogP contribution >= 0.6 is 35.0 Å². The van der Waals surface area contributed by atoms with E-state index in [4.69, 9.17) is 32.7 Å². The normalized spacial score (nSPS) is 16.1. The maximum absolute atomic E-state index is 12.1. The van der Waals surface area contributed by atoms with Crippen LogP contribution < -0.4 is 0 Å². The molecule has 2 amide bonds. The minimum atomic E-state index is -1.26. The van der Waals surface area contributed by atoms with Crippen molar-refractivity contribution in [2.75, 3.05) is 6.54 Å². The van der Waals surface area contributed by atoms with Crippen molar-refractivity contribution < 1.29 is 23.9 Å². The molecular weight excluding hydrogens is 389 g/mol. The van der Waals surface area contributed by atoms with Crippen LogP contribution in [0.3, 0.4) is 0 Å². The molecule has 3 rings (SSSR count). The molecule has 0 radical (unpaired) electrons. The second-order valence-electron chi connectivity index (χ2n) is 4.99. The van der Waals surface area contributed by atoms with Crippen molar-refractivity contribution in [2.24, 2.45) is 0 Å². The molecular formula is C16H9Cl2NO5S. The number of carbonyl (C=O) groups is 3. The van der Waals surface area contributed by atoms with Crippen LogP contribution in [0.4, 0.5) is 4.79 Å². The summed E-state index contributed by atoms with van der Waals surface area (Å²) >= 11 is 12.5. The third-order valence-electron chi connectivity index (χ3n) is 3.27. The number of rotatable bonds is 4. The number of thioether (sulfide) groups is 1. The molecule has 0 aliphatic carbocycles. The van der Waals surface area contributed by atoms with Gasteiger partial charge in [0.1, 0.15) is 18.1 Å². The SMILES string of the molecule is O=C(O)CN1C(=O)S/C(=C/c2ccc(-c3ccc(Cl)c(Cl)c3)o2)C1=O.